The van der Waals surface area contributed by atoms with Crippen LogP contribution in [0.25, 0.3) is 0 Å². The fourth-order valence-electron chi connectivity index (χ4n) is 0.224. The van der Waals surface area contributed by atoms with Gasteiger partial charge in [-0.2, -0.15) is 0 Å². The van der Waals surface area contributed by atoms with Crippen molar-refractivity contribution in [2.24, 2.45) is 11.5 Å². The van der Waals surface area contributed by atoms with Gasteiger partial charge in [0.05, 0.1) is 6.04 Å². The van der Waals surface area contributed by atoms with Crippen molar-refractivity contribution in [2.45, 2.75) is 39.7 Å². The first-order valence-electron chi connectivity index (χ1n) is 4.06. The van der Waals surface area contributed by atoms with E-state index in [4.69, 9.17) is 5.73 Å². The third kappa shape index (κ3) is 9.10. The number of hydrogen-bond acceptors (Lipinski definition) is 3. The van der Waals surface area contributed by atoms with Gasteiger partial charge in [-0.3, -0.25) is 9.59 Å². The monoisotopic (exact) mass is 174 g/mol. The summed E-state index contributed by atoms with van der Waals surface area (Å²) in [5.74, 6) is -1.70. The van der Waals surface area contributed by atoms with Gasteiger partial charge in [0.15, 0.2) is 0 Å². The number of ketones is 1. The molecule has 1 amide bonds. The predicted octanol–water partition coefficient (Wildman–Crippen LogP) is 0.194. The molecule has 0 aliphatic carbocycles. The molecule has 4 nitrogen and oxygen atoms in total. The van der Waals surface area contributed by atoms with Crippen molar-refractivity contribution in [2.75, 3.05) is 0 Å². The molecule has 0 radical (unpaired) electrons. The van der Waals surface area contributed by atoms with Crippen molar-refractivity contribution in [1.29, 1.82) is 0 Å². The highest BCUT2D eigenvalue weighted by Crippen LogP contribution is 1.76. The van der Waals surface area contributed by atoms with E-state index in [1.165, 1.54) is 19.8 Å². The summed E-state index contributed by atoms with van der Waals surface area (Å²) in [5.41, 5.74) is 9.55. The summed E-state index contributed by atoms with van der Waals surface area (Å²) in [6.45, 7) is 5.77. The van der Waals surface area contributed by atoms with E-state index in [0.29, 0.717) is 0 Å². The maximum atomic E-state index is 10.2. The molecule has 12 heavy (non-hydrogen) atoms. The lowest BCUT2D eigenvalue weighted by molar-refractivity contribution is -0.136. The number of primary amides is 1. The first-order valence-corrected chi connectivity index (χ1v) is 4.06. The first kappa shape index (κ1) is 13.7. The summed E-state index contributed by atoms with van der Waals surface area (Å²) >= 11 is 0. The lowest BCUT2D eigenvalue weighted by Crippen LogP contribution is -2.37. The number of unbranched alkanes of at least 4 members (excludes halogenated alkanes) is 1. The molecule has 0 aromatic heterocycles. The Morgan fingerprint density at radius 2 is 1.58 bits per heavy atom. The van der Waals surface area contributed by atoms with E-state index in [9.17, 15) is 9.59 Å². The molecule has 4 N–H and O–H groups in total. The normalized spacial score (nSPS) is 11.0. The first-order chi connectivity index (χ1) is 5.47. The number of carbonyl (C=O) groups excluding carboxylic acids is 2. The van der Waals surface area contributed by atoms with Gasteiger partial charge in [0, 0.05) is 0 Å². The van der Waals surface area contributed by atoms with E-state index in [1.807, 2.05) is 0 Å². The second-order valence-electron chi connectivity index (χ2n) is 2.52. The van der Waals surface area contributed by atoms with E-state index < -0.39 is 17.7 Å². The molecule has 1 atom stereocenters. The maximum absolute atomic E-state index is 10.2. The summed E-state index contributed by atoms with van der Waals surface area (Å²) in [7, 11) is 0. The zero-order valence-corrected chi connectivity index (χ0v) is 7.96. The number of hydrogen-bond donors (Lipinski definition) is 2. The quantitative estimate of drug-likeness (QED) is 0.599. The summed E-state index contributed by atoms with van der Waals surface area (Å²) in [6, 6.07) is -0.771. The molecular formula is C8H18N2O2. The lowest BCUT2D eigenvalue weighted by atomic mass is 10.2. The van der Waals surface area contributed by atoms with Gasteiger partial charge in [-0.05, 0) is 6.92 Å². The van der Waals surface area contributed by atoms with Gasteiger partial charge in [0.25, 0.3) is 5.91 Å². The van der Waals surface area contributed by atoms with Gasteiger partial charge in [0.2, 0.25) is 5.78 Å². The highest BCUT2D eigenvalue weighted by Gasteiger charge is 2.12. The topological polar surface area (TPSA) is 86.2 Å². The Kier molecular flexibility index (Phi) is 9.34. The second-order valence-corrected chi connectivity index (χ2v) is 2.52. The second kappa shape index (κ2) is 8.20. The van der Waals surface area contributed by atoms with Crippen molar-refractivity contribution >= 4 is 11.7 Å². The van der Waals surface area contributed by atoms with Crippen LogP contribution in [-0.4, -0.2) is 17.7 Å². The van der Waals surface area contributed by atoms with Crippen molar-refractivity contribution < 1.29 is 9.59 Å². The van der Waals surface area contributed by atoms with Crippen molar-refractivity contribution in [3.05, 3.63) is 0 Å². The molecule has 0 heterocycles. The fraction of sp³-hybridized carbons (Fsp3) is 0.750. The van der Waals surface area contributed by atoms with Gasteiger partial charge in [-0.1, -0.05) is 26.7 Å². The van der Waals surface area contributed by atoms with Crippen molar-refractivity contribution in [3.8, 4) is 0 Å². The number of nitrogens with two attached hydrogens (primary N) is 2. The Bertz CT molecular complexity index is 142. The molecule has 1 unspecified atom stereocenters. The molecule has 0 saturated heterocycles. The average Bonchev–Trinajstić information content (AvgIpc) is 2.03. The van der Waals surface area contributed by atoms with Crippen LogP contribution in [0.4, 0.5) is 0 Å². The third-order valence-electron chi connectivity index (χ3n) is 1.16. The Labute approximate surface area is 73.3 Å². The van der Waals surface area contributed by atoms with Crippen molar-refractivity contribution in [3.63, 3.8) is 0 Å². The molecule has 0 saturated carbocycles. The molecule has 0 bridgehead atoms. The van der Waals surface area contributed by atoms with Crippen molar-refractivity contribution in [1.82, 2.24) is 0 Å². The zero-order chi connectivity index (χ0) is 10.1. The van der Waals surface area contributed by atoms with Crippen LogP contribution < -0.4 is 11.5 Å². The number of carbonyl (C=O) groups is 2. The van der Waals surface area contributed by atoms with Gasteiger partial charge in [0.1, 0.15) is 0 Å². The molecule has 72 valence electrons. The average molecular weight is 174 g/mol. The Morgan fingerprint density at radius 1 is 1.25 bits per heavy atom. The number of amides is 1. The van der Waals surface area contributed by atoms with Gasteiger partial charge in [-0.25, -0.2) is 0 Å². The minimum Gasteiger partial charge on any atom is -0.363 e. The zero-order valence-electron chi connectivity index (χ0n) is 7.96. The fourth-order valence-corrected chi connectivity index (χ4v) is 0.224. The standard InChI is InChI=1S/C4H8N2O2.C4H10/c1-2(5)3(7)4(6)8;1-3-4-2/h2H,5H2,1H3,(H2,6,8);3-4H2,1-2H3. The van der Waals surface area contributed by atoms with Crippen LogP contribution in [-0.2, 0) is 9.59 Å². The van der Waals surface area contributed by atoms with E-state index in [1.54, 1.807) is 0 Å². The smallest absolute Gasteiger partial charge is 0.286 e. The van der Waals surface area contributed by atoms with Crippen LogP contribution in [0.1, 0.15) is 33.6 Å². The van der Waals surface area contributed by atoms with E-state index >= 15 is 0 Å². The lowest BCUT2D eigenvalue weighted by Gasteiger charge is -1.95. The van der Waals surface area contributed by atoms with Gasteiger partial charge >= 0.3 is 0 Å². The number of rotatable bonds is 3. The highest BCUT2D eigenvalue weighted by molar-refractivity contribution is 6.37. The predicted molar refractivity (Wildman–Crippen MR) is 48.4 cm³/mol. The molecule has 0 rings (SSSR count). The number of Topliss-reactive ketones (excluding diaryl/α,β-unsaturated/α-hetero) is 1. The molecular weight excluding hydrogens is 156 g/mol. The van der Waals surface area contributed by atoms with Crippen LogP contribution in [0, 0.1) is 0 Å². The van der Waals surface area contributed by atoms with Gasteiger partial charge in [-0.15, -0.1) is 0 Å². The minimum atomic E-state index is -0.972. The third-order valence-corrected chi connectivity index (χ3v) is 1.16. The molecule has 0 spiro atoms. The Morgan fingerprint density at radius 3 is 1.58 bits per heavy atom. The van der Waals surface area contributed by atoms with Gasteiger partial charge < -0.3 is 11.5 Å². The van der Waals surface area contributed by atoms with Crippen LogP contribution in [0.2, 0.25) is 0 Å². The Hall–Kier alpha value is -0.900. The van der Waals surface area contributed by atoms with E-state index in [0.717, 1.165) is 0 Å². The summed E-state index contributed by atoms with van der Waals surface area (Å²) in [6.07, 6.45) is 2.64. The molecule has 4 heteroatoms. The van der Waals surface area contributed by atoms with E-state index in [2.05, 4.69) is 19.6 Å². The molecule has 0 aliphatic heterocycles. The summed E-state index contributed by atoms with van der Waals surface area (Å²) < 4.78 is 0. The van der Waals surface area contributed by atoms with Crippen LogP contribution in [0.5, 0.6) is 0 Å². The molecule has 0 aliphatic rings. The largest absolute Gasteiger partial charge is 0.363 e. The minimum absolute atomic E-state index is 0.731. The Balaban J connectivity index is 0. The highest BCUT2D eigenvalue weighted by atomic mass is 16.2. The maximum Gasteiger partial charge on any atom is 0.286 e. The van der Waals surface area contributed by atoms with Crippen LogP contribution in [0.15, 0.2) is 0 Å². The van der Waals surface area contributed by atoms with E-state index in [-0.39, 0.29) is 0 Å². The van der Waals surface area contributed by atoms with Crippen LogP contribution in [0.3, 0.4) is 0 Å². The molecule has 0 fully saturated rings. The molecule has 0 aromatic carbocycles. The summed E-state index contributed by atoms with van der Waals surface area (Å²) in [4.78, 5) is 20.2. The summed E-state index contributed by atoms with van der Waals surface area (Å²) in [5, 5.41) is 0. The molecule has 0 aromatic rings. The SMILES string of the molecule is CC(N)C(=O)C(N)=O.CCCC. The van der Waals surface area contributed by atoms with Crippen LogP contribution >= 0.6 is 0 Å².